The fourth-order valence-corrected chi connectivity index (χ4v) is 2.44. The van der Waals surface area contributed by atoms with E-state index >= 15 is 0 Å². The number of anilines is 1. The van der Waals surface area contributed by atoms with Gasteiger partial charge in [0.2, 0.25) is 5.91 Å². The molecule has 1 aliphatic rings. The van der Waals surface area contributed by atoms with Crippen LogP contribution in [-0.2, 0) is 4.79 Å². The largest absolute Gasteiger partial charge is 0.322 e. The molecule has 19 heavy (non-hydrogen) atoms. The highest BCUT2D eigenvalue weighted by molar-refractivity contribution is 9.10. The molecule has 5 nitrogen and oxygen atoms in total. The van der Waals surface area contributed by atoms with Gasteiger partial charge < -0.3 is 10.6 Å². The van der Waals surface area contributed by atoms with E-state index in [-0.39, 0.29) is 5.91 Å². The third-order valence-corrected chi connectivity index (χ3v) is 3.61. The van der Waals surface area contributed by atoms with Crippen molar-refractivity contribution in [2.75, 3.05) is 38.0 Å². The van der Waals surface area contributed by atoms with E-state index in [9.17, 15) is 4.79 Å². The molecule has 1 amide bonds. The summed E-state index contributed by atoms with van der Waals surface area (Å²) < 4.78 is 0.783. The molecular formula is C12H16BrClN4O. The van der Waals surface area contributed by atoms with Gasteiger partial charge in [0, 0.05) is 23.8 Å². The molecule has 0 atom stereocenters. The second-order valence-electron chi connectivity index (χ2n) is 4.42. The zero-order chi connectivity index (χ0) is 13.7. The van der Waals surface area contributed by atoms with E-state index in [0.29, 0.717) is 17.4 Å². The summed E-state index contributed by atoms with van der Waals surface area (Å²) in [6.07, 6.45) is 2.66. The molecule has 2 rings (SSSR count). The molecular weight excluding hydrogens is 332 g/mol. The maximum atomic E-state index is 12.0. The van der Waals surface area contributed by atoms with Crippen LogP contribution in [0.1, 0.15) is 6.42 Å². The van der Waals surface area contributed by atoms with Crippen molar-refractivity contribution in [1.29, 1.82) is 0 Å². The number of hydrogen-bond donors (Lipinski definition) is 2. The number of carbonyl (C=O) groups is 1. The standard InChI is InChI=1S/C12H16BrClN4O/c13-9-6-10(12(14)16-7-9)17-11(19)8-18-4-1-2-15-3-5-18/h6-7,15H,1-5,8H2,(H,17,19). The van der Waals surface area contributed by atoms with Crippen LogP contribution in [0.25, 0.3) is 0 Å². The Morgan fingerprint density at radius 2 is 2.37 bits per heavy atom. The molecule has 0 saturated carbocycles. The number of amides is 1. The Kier molecular flexibility index (Phi) is 5.57. The van der Waals surface area contributed by atoms with Gasteiger partial charge in [0.05, 0.1) is 12.2 Å². The van der Waals surface area contributed by atoms with Crippen molar-refractivity contribution < 1.29 is 4.79 Å². The molecule has 1 saturated heterocycles. The first kappa shape index (κ1) is 14.7. The van der Waals surface area contributed by atoms with E-state index in [1.807, 2.05) is 0 Å². The van der Waals surface area contributed by atoms with Gasteiger partial charge in [0.15, 0.2) is 5.15 Å². The van der Waals surface area contributed by atoms with E-state index in [4.69, 9.17) is 11.6 Å². The molecule has 1 fully saturated rings. The van der Waals surface area contributed by atoms with Crippen molar-refractivity contribution in [2.24, 2.45) is 0 Å². The smallest absolute Gasteiger partial charge is 0.238 e. The van der Waals surface area contributed by atoms with Crippen molar-refractivity contribution in [3.63, 3.8) is 0 Å². The summed E-state index contributed by atoms with van der Waals surface area (Å²) in [5.74, 6) is -0.0660. The average molecular weight is 348 g/mol. The molecule has 1 aromatic heterocycles. The number of hydrogen-bond acceptors (Lipinski definition) is 4. The number of pyridine rings is 1. The fraction of sp³-hybridized carbons (Fsp3) is 0.500. The normalized spacial score (nSPS) is 16.9. The SMILES string of the molecule is O=C(CN1CCCNCC1)Nc1cc(Br)cnc1Cl. The van der Waals surface area contributed by atoms with Gasteiger partial charge in [-0.15, -0.1) is 0 Å². The molecule has 2 N–H and O–H groups in total. The minimum atomic E-state index is -0.0660. The minimum Gasteiger partial charge on any atom is -0.322 e. The van der Waals surface area contributed by atoms with Crippen LogP contribution >= 0.6 is 27.5 Å². The molecule has 0 unspecified atom stereocenters. The van der Waals surface area contributed by atoms with Gasteiger partial charge in [-0.25, -0.2) is 4.98 Å². The highest BCUT2D eigenvalue weighted by Crippen LogP contribution is 2.22. The number of nitrogens with one attached hydrogen (secondary N) is 2. The maximum Gasteiger partial charge on any atom is 0.238 e. The summed E-state index contributed by atoms with van der Waals surface area (Å²) in [7, 11) is 0. The first-order valence-electron chi connectivity index (χ1n) is 6.19. The molecule has 104 valence electrons. The van der Waals surface area contributed by atoms with Gasteiger partial charge in [0.25, 0.3) is 0 Å². The summed E-state index contributed by atoms with van der Waals surface area (Å²) in [4.78, 5) is 18.1. The highest BCUT2D eigenvalue weighted by atomic mass is 79.9. The van der Waals surface area contributed by atoms with E-state index in [1.165, 1.54) is 0 Å². The lowest BCUT2D eigenvalue weighted by molar-refractivity contribution is -0.117. The Morgan fingerprint density at radius 3 is 3.21 bits per heavy atom. The maximum absolute atomic E-state index is 12.0. The van der Waals surface area contributed by atoms with Gasteiger partial charge in [-0.3, -0.25) is 9.69 Å². The number of aromatic nitrogens is 1. The average Bonchev–Trinajstić information content (AvgIpc) is 2.62. The summed E-state index contributed by atoms with van der Waals surface area (Å²) in [5.41, 5.74) is 0.536. The molecule has 0 bridgehead atoms. The molecule has 0 spiro atoms. The van der Waals surface area contributed by atoms with Crippen LogP contribution in [0.4, 0.5) is 5.69 Å². The van der Waals surface area contributed by atoms with Crippen LogP contribution in [0, 0.1) is 0 Å². The van der Waals surface area contributed by atoms with Crippen molar-refractivity contribution in [3.8, 4) is 0 Å². The predicted molar refractivity (Wildman–Crippen MR) is 79.5 cm³/mol. The second-order valence-corrected chi connectivity index (χ2v) is 5.69. The Morgan fingerprint density at radius 1 is 1.53 bits per heavy atom. The zero-order valence-corrected chi connectivity index (χ0v) is 12.8. The molecule has 0 radical (unpaired) electrons. The van der Waals surface area contributed by atoms with Gasteiger partial charge in [-0.1, -0.05) is 11.6 Å². The number of carbonyl (C=O) groups excluding carboxylic acids is 1. The van der Waals surface area contributed by atoms with Crippen LogP contribution in [0.2, 0.25) is 5.15 Å². The van der Waals surface area contributed by atoms with Gasteiger partial charge in [-0.2, -0.15) is 0 Å². The first-order chi connectivity index (χ1) is 9.15. The highest BCUT2D eigenvalue weighted by Gasteiger charge is 2.14. The van der Waals surface area contributed by atoms with E-state index in [0.717, 1.165) is 37.1 Å². The van der Waals surface area contributed by atoms with E-state index < -0.39 is 0 Å². The number of halogens is 2. The van der Waals surface area contributed by atoms with Crippen molar-refractivity contribution in [1.82, 2.24) is 15.2 Å². The minimum absolute atomic E-state index is 0.0660. The van der Waals surface area contributed by atoms with Crippen molar-refractivity contribution in [2.45, 2.75) is 6.42 Å². The lowest BCUT2D eigenvalue weighted by Crippen LogP contribution is -2.35. The van der Waals surface area contributed by atoms with E-state index in [1.54, 1.807) is 12.3 Å². The van der Waals surface area contributed by atoms with E-state index in [2.05, 4.69) is 36.4 Å². The second kappa shape index (κ2) is 7.19. The topological polar surface area (TPSA) is 57.3 Å². The number of nitrogens with zero attached hydrogens (tertiary/aromatic N) is 2. The molecule has 0 aromatic carbocycles. The third kappa shape index (κ3) is 4.72. The van der Waals surface area contributed by atoms with Crippen molar-refractivity contribution in [3.05, 3.63) is 21.9 Å². The lowest BCUT2D eigenvalue weighted by atomic mass is 10.3. The summed E-state index contributed by atoms with van der Waals surface area (Å²) >= 11 is 9.24. The van der Waals surface area contributed by atoms with Gasteiger partial charge in [-0.05, 0) is 41.5 Å². The monoisotopic (exact) mass is 346 g/mol. The Bertz CT molecular complexity index is 449. The molecule has 7 heteroatoms. The van der Waals surface area contributed by atoms with Crippen molar-refractivity contribution >= 4 is 39.1 Å². The van der Waals surface area contributed by atoms with Gasteiger partial charge >= 0.3 is 0 Å². The van der Waals surface area contributed by atoms with Gasteiger partial charge in [0.1, 0.15) is 0 Å². The lowest BCUT2D eigenvalue weighted by Gasteiger charge is -2.18. The quantitative estimate of drug-likeness (QED) is 0.818. The van der Waals surface area contributed by atoms with Crippen LogP contribution < -0.4 is 10.6 Å². The Labute approximate surface area is 125 Å². The molecule has 1 aliphatic heterocycles. The van der Waals surface area contributed by atoms with Crippen LogP contribution in [-0.4, -0.2) is 48.5 Å². The van der Waals surface area contributed by atoms with Crippen LogP contribution in [0.3, 0.4) is 0 Å². The zero-order valence-electron chi connectivity index (χ0n) is 10.5. The summed E-state index contributed by atoms with van der Waals surface area (Å²) in [6.45, 7) is 4.14. The summed E-state index contributed by atoms with van der Waals surface area (Å²) in [6, 6.07) is 1.75. The Balaban J connectivity index is 1.91. The fourth-order valence-electron chi connectivity index (χ4n) is 1.96. The molecule has 0 aliphatic carbocycles. The summed E-state index contributed by atoms with van der Waals surface area (Å²) in [5, 5.41) is 6.40. The van der Waals surface area contributed by atoms with Crippen LogP contribution in [0.15, 0.2) is 16.7 Å². The Hall–Kier alpha value is -0.690. The molecule has 1 aromatic rings. The third-order valence-electron chi connectivity index (χ3n) is 2.88. The molecule has 2 heterocycles. The van der Waals surface area contributed by atoms with Crippen LogP contribution in [0.5, 0.6) is 0 Å². The predicted octanol–water partition coefficient (Wildman–Crippen LogP) is 1.73. The first-order valence-corrected chi connectivity index (χ1v) is 7.36. The number of rotatable bonds is 3.